The normalized spacial score (nSPS) is 11.0. The third-order valence-electron chi connectivity index (χ3n) is 3.86. The fourth-order valence-corrected chi connectivity index (χ4v) is 2.64. The molecule has 27 heavy (non-hydrogen) atoms. The van der Waals surface area contributed by atoms with Crippen molar-refractivity contribution in [2.24, 2.45) is 0 Å². The third kappa shape index (κ3) is 4.83. The zero-order chi connectivity index (χ0) is 19.4. The molecule has 0 spiro atoms. The lowest BCUT2D eigenvalue weighted by atomic mass is 10.2. The minimum absolute atomic E-state index is 0.106. The Morgan fingerprint density at radius 3 is 2.78 bits per heavy atom. The highest BCUT2D eigenvalue weighted by atomic mass is 35.5. The summed E-state index contributed by atoms with van der Waals surface area (Å²) in [6.07, 6.45) is 1.54. The molecule has 1 aromatic carbocycles. The van der Waals surface area contributed by atoms with E-state index in [2.05, 4.69) is 15.5 Å². The molecule has 0 radical (unpaired) electrons. The smallest absolute Gasteiger partial charge is 0.251 e. The van der Waals surface area contributed by atoms with Crippen molar-refractivity contribution in [1.82, 2.24) is 20.1 Å². The van der Waals surface area contributed by atoms with Gasteiger partial charge in [0.15, 0.2) is 0 Å². The Kier molecular flexibility index (Phi) is 5.71. The minimum Gasteiger partial charge on any atom is -0.420 e. The molecule has 1 amide bonds. The molecule has 0 fully saturated rings. The average Bonchev–Trinajstić information content (AvgIpc) is 3.12. The highest BCUT2D eigenvalue weighted by Crippen LogP contribution is 2.20. The van der Waals surface area contributed by atoms with Crippen LogP contribution in [0.4, 0.5) is 0 Å². The maximum absolute atomic E-state index is 12.2. The van der Waals surface area contributed by atoms with Crippen LogP contribution in [0.1, 0.15) is 31.2 Å². The van der Waals surface area contributed by atoms with Crippen molar-refractivity contribution < 1.29 is 9.21 Å². The number of nitrogens with one attached hydrogen (secondary N) is 1. The first-order valence-corrected chi connectivity index (χ1v) is 8.85. The van der Waals surface area contributed by atoms with Gasteiger partial charge in [-0.15, -0.1) is 10.2 Å². The largest absolute Gasteiger partial charge is 0.420 e. The van der Waals surface area contributed by atoms with Crippen molar-refractivity contribution in [3.63, 3.8) is 0 Å². The van der Waals surface area contributed by atoms with Crippen LogP contribution in [0.3, 0.4) is 0 Å². The Hall–Kier alpha value is -2.93. The van der Waals surface area contributed by atoms with Crippen LogP contribution < -0.4 is 10.9 Å². The Morgan fingerprint density at radius 2 is 2.07 bits per heavy atom. The first kappa shape index (κ1) is 18.8. The van der Waals surface area contributed by atoms with E-state index in [4.69, 9.17) is 16.0 Å². The molecule has 0 bridgehead atoms. The second kappa shape index (κ2) is 8.18. The zero-order valence-corrected chi connectivity index (χ0v) is 15.7. The fraction of sp³-hybridized carbons (Fsp3) is 0.263. The number of rotatable bonds is 6. The molecule has 3 aromatic rings. The molecule has 1 N–H and O–H groups in total. The van der Waals surface area contributed by atoms with Crippen LogP contribution in [0.2, 0.25) is 5.02 Å². The van der Waals surface area contributed by atoms with E-state index in [0.717, 1.165) is 5.56 Å². The molecular formula is C19H19ClN4O3. The highest BCUT2D eigenvalue weighted by Gasteiger charge is 2.13. The zero-order valence-electron chi connectivity index (χ0n) is 15.0. The number of pyridine rings is 1. The second-order valence-corrected chi connectivity index (χ2v) is 6.83. The maximum Gasteiger partial charge on any atom is 0.251 e. The molecule has 0 saturated heterocycles. The van der Waals surface area contributed by atoms with Gasteiger partial charge in [-0.25, -0.2) is 0 Å². The van der Waals surface area contributed by atoms with Gasteiger partial charge >= 0.3 is 0 Å². The van der Waals surface area contributed by atoms with E-state index in [1.54, 1.807) is 24.4 Å². The van der Waals surface area contributed by atoms with E-state index in [1.807, 2.05) is 26.0 Å². The summed E-state index contributed by atoms with van der Waals surface area (Å²) in [5.74, 6) is 0.644. The standard InChI is InChI=1S/C19H19ClN4O3/c1-12(2)18-22-23-19(27-18)14-6-7-17(26)24(10-14)11-16(25)21-9-13-4-3-5-15(20)8-13/h3-8,10,12H,9,11H2,1-2H3,(H,21,25). The molecule has 0 saturated carbocycles. The molecule has 3 rings (SSSR count). The summed E-state index contributed by atoms with van der Waals surface area (Å²) in [5, 5.41) is 11.4. The number of carbonyl (C=O) groups is 1. The lowest BCUT2D eigenvalue weighted by molar-refractivity contribution is -0.121. The molecule has 2 aromatic heterocycles. The van der Waals surface area contributed by atoms with Gasteiger partial charge in [-0.1, -0.05) is 37.6 Å². The van der Waals surface area contributed by atoms with Gasteiger partial charge < -0.3 is 14.3 Å². The summed E-state index contributed by atoms with van der Waals surface area (Å²) in [6, 6.07) is 10.2. The van der Waals surface area contributed by atoms with Crippen molar-refractivity contribution >= 4 is 17.5 Å². The van der Waals surface area contributed by atoms with Crippen LogP contribution >= 0.6 is 11.6 Å². The number of benzene rings is 1. The molecule has 0 aliphatic rings. The number of amides is 1. The minimum atomic E-state index is -0.291. The SMILES string of the molecule is CC(C)c1nnc(-c2ccc(=O)n(CC(=O)NCc3cccc(Cl)c3)c2)o1. The van der Waals surface area contributed by atoms with Gasteiger partial charge in [0.25, 0.3) is 5.56 Å². The predicted molar refractivity (Wildman–Crippen MR) is 101 cm³/mol. The third-order valence-corrected chi connectivity index (χ3v) is 4.09. The Balaban J connectivity index is 1.70. The van der Waals surface area contributed by atoms with E-state index < -0.39 is 0 Å². The van der Waals surface area contributed by atoms with Gasteiger partial charge in [-0.2, -0.15) is 0 Å². The van der Waals surface area contributed by atoms with Crippen LogP contribution in [0.15, 0.2) is 51.8 Å². The summed E-state index contributed by atoms with van der Waals surface area (Å²) < 4.78 is 6.90. The Labute approximate surface area is 161 Å². The molecule has 0 unspecified atom stereocenters. The number of nitrogens with zero attached hydrogens (tertiary/aromatic N) is 3. The van der Waals surface area contributed by atoms with Crippen LogP contribution in [0.5, 0.6) is 0 Å². The number of hydrogen-bond acceptors (Lipinski definition) is 5. The molecule has 0 atom stereocenters. The molecular weight excluding hydrogens is 368 g/mol. The van der Waals surface area contributed by atoms with E-state index in [9.17, 15) is 9.59 Å². The summed E-state index contributed by atoms with van der Waals surface area (Å²) >= 11 is 5.93. The molecule has 140 valence electrons. The van der Waals surface area contributed by atoms with Gasteiger partial charge in [0.2, 0.25) is 17.7 Å². The summed E-state index contributed by atoms with van der Waals surface area (Å²) in [6.45, 7) is 4.11. The van der Waals surface area contributed by atoms with Gasteiger partial charge in [0.1, 0.15) is 6.54 Å². The first-order valence-electron chi connectivity index (χ1n) is 8.48. The Morgan fingerprint density at radius 1 is 1.26 bits per heavy atom. The number of hydrogen-bond donors (Lipinski definition) is 1. The highest BCUT2D eigenvalue weighted by molar-refractivity contribution is 6.30. The molecule has 0 aliphatic heterocycles. The lowest BCUT2D eigenvalue weighted by Crippen LogP contribution is -2.31. The summed E-state index contributed by atoms with van der Waals surface area (Å²) in [5.41, 5.74) is 1.17. The van der Waals surface area contributed by atoms with Crippen LogP contribution in [0.25, 0.3) is 11.5 Å². The van der Waals surface area contributed by atoms with Gasteiger partial charge in [0, 0.05) is 29.7 Å². The van der Waals surface area contributed by atoms with Crippen molar-refractivity contribution in [3.8, 4) is 11.5 Å². The van der Waals surface area contributed by atoms with Crippen molar-refractivity contribution in [2.75, 3.05) is 0 Å². The van der Waals surface area contributed by atoms with Gasteiger partial charge in [-0.3, -0.25) is 9.59 Å². The topological polar surface area (TPSA) is 90.0 Å². The average molecular weight is 387 g/mol. The van der Waals surface area contributed by atoms with Crippen LogP contribution in [-0.4, -0.2) is 20.7 Å². The lowest BCUT2D eigenvalue weighted by Gasteiger charge is -2.08. The number of halogens is 1. The van der Waals surface area contributed by atoms with Crippen molar-refractivity contribution in [2.45, 2.75) is 32.9 Å². The monoisotopic (exact) mass is 386 g/mol. The molecule has 2 heterocycles. The van der Waals surface area contributed by atoms with Gasteiger partial charge in [-0.05, 0) is 23.8 Å². The molecule has 0 aliphatic carbocycles. The molecule has 8 heteroatoms. The van der Waals surface area contributed by atoms with E-state index in [0.29, 0.717) is 28.9 Å². The predicted octanol–water partition coefficient (Wildman–Crippen LogP) is 2.99. The number of carbonyl (C=O) groups excluding carboxylic acids is 1. The first-order chi connectivity index (χ1) is 12.9. The fourth-order valence-electron chi connectivity index (χ4n) is 2.42. The van der Waals surface area contributed by atoms with Crippen molar-refractivity contribution in [3.05, 3.63) is 69.4 Å². The summed E-state index contributed by atoms with van der Waals surface area (Å²) in [7, 11) is 0. The van der Waals surface area contributed by atoms with E-state index >= 15 is 0 Å². The summed E-state index contributed by atoms with van der Waals surface area (Å²) in [4.78, 5) is 24.3. The number of aromatic nitrogens is 3. The molecule has 7 nitrogen and oxygen atoms in total. The van der Waals surface area contributed by atoms with Crippen LogP contribution in [0, 0.1) is 0 Å². The second-order valence-electron chi connectivity index (χ2n) is 6.39. The maximum atomic E-state index is 12.2. The Bertz CT molecular complexity index is 1010. The van der Waals surface area contributed by atoms with Crippen molar-refractivity contribution in [1.29, 1.82) is 0 Å². The van der Waals surface area contributed by atoms with E-state index in [1.165, 1.54) is 10.6 Å². The quantitative estimate of drug-likeness (QED) is 0.703. The van der Waals surface area contributed by atoms with Crippen LogP contribution in [-0.2, 0) is 17.9 Å². The van der Waals surface area contributed by atoms with Gasteiger partial charge in [0.05, 0.1) is 5.56 Å². The van der Waals surface area contributed by atoms with E-state index in [-0.39, 0.29) is 23.9 Å².